The minimum Gasteiger partial charge on any atom is -0.497 e. The molecule has 0 aliphatic rings. The van der Waals surface area contributed by atoms with Crippen LogP contribution in [0.25, 0.3) is 0 Å². The van der Waals surface area contributed by atoms with Gasteiger partial charge in [-0.3, -0.25) is 4.79 Å². The highest BCUT2D eigenvalue weighted by Gasteiger charge is 2.10. The predicted octanol–water partition coefficient (Wildman–Crippen LogP) is 3.26. The van der Waals surface area contributed by atoms with E-state index in [1.807, 2.05) is 38.1 Å². The number of hydrogen-bond acceptors (Lipinski definition) is 3. The second-order valence-electron chi connectivity index (χ2n) is 5.16. The number of carbonyl (C=O) groups is 1. The molecule has 116 valence electrons. The van der Waals surface area contributed by atoms with Crippen molar-refractivity contribution in [3.05, 3.63) is 59.7 Å². The number of nitrogens with one attached hydrogen (secondary N) is 1. The number of carbonyl (C=O) groups excluding carboxylic acids is 1. The van der Waals surface area contributed by atoms with Crippen LogP contribution in [0.3, 0.4) is 0 Å². The predicted molar refractivity (Wildman–Crippen MR) is 86.2 cm³/mol. The van der Waals surface area contributed by atoms with Gasteiger partial charge in [0.15, 0.2) is 6.61 Å². The fourth-order valence-electron chi connectivity index (χ4n) is 2.04. The van der Waals surface area contributed by atoms with Crippen LogP contribution in [0.2, 0.25) is 0 Å². The molecule has 0 radical (unpaired) electrons. The lowest BCUT2D eigenvalue weighted by atomic mass is 10.1. The minimum atomic E-state index is -0.149. The molecule has 0 aliphatic heterocycles. The van der Waals surface area contributed by atoms with E-state index in [-0.39, 0.29) is 18.6 Å². The van der Waals surface area contributed by atoms with Crippen molar-refractivity contribution in [2.24, 2.45) is 0 Å². The molecule has 0 fully saturated rings. The molecule has 0 bridgehead atoms. The van der Waals surface area contributed by atoms with Gasteiger partial charge in [-0.05, 0) is 43.7 Å². The van der Waals surface area contributed by atoms with E-state index in [1.54, 1.807) is 31.4 Å². The summed E-state index contributed by atoms with van der Waals surface area (Å²) in [5.41, 5.74) is 2.27. The number of hydrogen-bond donors (Lipinski definition) is 1. The number of methoxy groups -OCH3 is 1. The summed E-state index contributed by atoms with van der Waals surface area (Å²) in [7, 11) is 1.61. The smallest absolute Gasteiger partial charge is 0.258 e. The lowest BCUT2D eigenvalue weighted by molar-refractivity contribution is -0.123. The van der Waals surface area contributed by atoms with Gasteiger partial charge in [0.25, 0.3) is 5.91 Å². The largest absolute Gasteiger partial charge is 0.497 e. The Hall–Kier alpha value is -2.49. The number of aryl methyl sites for hydroxylation is 1. The zero-order valence-corrected chi connectivity index (χ0v) is 13.1. The molecule has 4 heteroatoms. The summed E-state index contributed by atoms with van der Waals surface area (Å²) in [4.78, 5) is 11.9. The van der Waals surface area contributed by atoms with E-state index >= 15 is 0 Å². The number of amides is 1. The molecule has 0 heterocycles. The molecule has 1 unspecified atom stereocenters. The second kappa shape index (κ2) is 7.50. The van der Waals surface area contributed by atoms with Crippen molar-refractivity contribution >= 4 is 5.91 Å². The summed E-state index contributed by atoms with van der Waals surface area (Å²) >= 11 is 0. The summed E-state index contributed by atoms with van der Waals surface area (Å²) in [6, 6.07) is 15.2. The van der Waals surface area contributed by atoms with Gasteiger partial charge in [-0.25, -0.2) is 0 Å². The van der Waals surface area contributed by atoms with E-state index < -0.39 is 0 Å². The van der Waals surface area contributed by atoms with Gasteiger partial charge in [0, 0.05) is 0 Å². The standard InChI is InChI=1S/C18H21NO3/c1-13-4-6-15(7-5-13)14(2)19-18(20)12-22-17-10-8-16(21-3)9-11-17/h4-11,14H,12H2,1-3H3,(H,19,20). The highest BCUT2D eigenvalue weighted by molar-refractivity contribution is 5.78. The van der Waals surface area contributed by atoms with Crippen LogP contribution in [0.4, 0.5) is 0 Å². The van der Waals surface area contributed by atoms with Gasteiger partial charge in [0.2, 0.25) is 0 Å². The third-order valence-corrected chi connectivity index (χ3v) is 3.38. The summed E-state index contributed by atoms with van der Waals surface area (Å²) in [5, 5.41) is 2.92. The molecule has 4 nitrogen and oxygen atoms in total. The van der Waals surface area contributed by atoms with E-state index in [0.29, 0.717) is 5.75 Å². The molecule has 1 amide bonds. The van der Waals surface area contributed by atoms with Crippen molar-refractivity contribution in [2.45, 2.75) is 19.9 Å². The summed E-state index contributed by atoms with van der Waals surface area (Å²) in [6.07, 6.45) is 0. The number of rotatable bonds is 6. The first-order chi connectivity index (χ1) is 10.6. The van der Waals surface area contributed by atoms with Crippen LogP contribution < -0.4 is 14.8 Å². The Labute approximate surface area is 131 Å². The summed E-state index contributed by atoms with van der Waals surface area (Å²) in [5.74, 6) is 1.24. The molecule has 0 saturated heterocycles. The third kappa shape index (κ3) is 4.52. The Kier molecular flexibility index (Phi) is 5.42. The van der Waals surface area contributed by atoms with Crippen LogP contribution in [0.5, 0.6) is 11.5 Å². The van der Waals surface area contributed by atoms with Gasteiger partial charge in [0.1, 0.15) is 11.5 Å². The molecule has 0 aromatic heterocycles. The Balaban J connectivity index is 1.83. The molecule has 2 aromatic carbocycles. The zero-order valence-electron chi connectivity index (χ0n) is 13.1. The van der Waals surface area contributed by atoms with Crippen molar-refractivity contribution < 1.29 is 14.3 Å². The molecule has 0 saturated carbocycles. The van der Waals surface area contributed by atoms with Gasteiger partial charge in [-0.2, -0.15) is 0 Å². The van der Waals surface area contributed by atoms with E-state index in [1.165, 1.54) is 5.56 Å². The quantitative estimate of drug-likeness (QED) is 0.890. The molecular formula is C18H21NO3. The third-order valence-electron chi connectivity index (χ3n) is 3.38. The van der Waals surface area contributed by atoms with Gasteiger partial charge in [0.05, 0.1) is 13.2 Å². The molecular weight excluding hydrogens is 278 g/mol. The Morgan fingerprint density at radius 1 is 1.05 bits per heavy atom. The van der Waals surface area contributed by atoms with Crippen molar-refractivity contribution in [3.8, 4) is 11.5 Å². The molecule has 0 aliphatic carbocycles. The Morgan fingerprint density at radius 2 is 1.64 bits per heavy atom. The highest BCUT2D eigenvalue weighted by atomic mass is 16.5. The first-order valence-electron chi connectivity index (χ1n) is 7.21. The average molecular weight is 299 g/mol. The molecule has 22 heavy (non-hydrogen) atoms. The molecule has 1 atom stereocenters. The van der Waals surface area contributed by atoms with Crippen molar-refractivity contribution in [3.63, 3.8) is 0 Å². The van der Waals surface area contributed by atoms with Gasteiger partial charge in [-0.1, -0.05) is 29.8 Å². The maximum Gasteiger partial charge on any atom is 0.258 e. The normalized spacial score (nSPS) is 11.6. The van der Waals surface area contributed by atoms with Crippen molar-refractivity contribution in [1.82, 2.24) is 5.32 Å². The van der Waals surface area contributed by atoms with E-state index in [4.69, 9.17) is 9.47 Å². The van der Waals surface area contributed by atoms with Gasteiger partial charge in [-0.15, -0.1) is 0 Å². The van der Waals surface area contributed by atoms with E-state index in [9.17, 15) is 4.79 Å². The fraction of sp³-hybridized carbons (Fsp3) is 0.278. The Morgan fingerprint density at radius 3 is 2.23 bits per heavy atom. The van der Waals surface area contributed by atoms with Crippen LogP contribution in [-0.4, -0.2) is 19.6 Å². The molecule has 0 spiro atoms. The minimum absolute atomic E-state index is 0.0114. The van der Waals surface area contributed by atoms with Crippen LogP contribution in [0.1, 0.15) is 24.1 Å². The van der Waals surface area contributed by atoms with Gasteiger partial charge < -0.3 is 14.8 Å². The van der Waals surface area contributed by atoms with Crippen LogP contribution >= 0.6 is 0 Å². The van der Waals surface area contributed by atoms with Gasteiger partial charge >= 0.3 is 0 Å². The van der Waals surface area contributed by atoms with Crippen LogP contribution in [0.15, 0.2) is 48.5 Å². The molecule has 2 rings (SSSR count). The topological polar surface area (TPSA) is 47.6 Å². The van der Waals surface area contributed by atoms with E-state index in [0.717, 1.165) is 11.3 Å². The number of benzene rings is 2. The second-order valence-corrected chi connectivity index (χ2v) is 5.16. The fourth-order valence-corrected chi connectivity index (χ4v) is 2.04. The maximum atomic E-state index is 11.9. The van der Waals surface area contributed by atoms with Crippen molar-refractivity contribution in [2.75, 3.05) is 13.7 Å². The first kappa shape index (κ1) is 15.9. The van der Waals surface area contributed by atoms with Crippen LogP contribution in [0, 0.1) is 6.92 Å². The summed E-state index contributed by atoms with van der Waals surface area (Å²) < 4.78 is 10.5. The van der Waals surface area contributed by atoms with Crippen molar-refractivity contribution in [1.29, 1.82) is 0 Å². The number of ether oxygens (including phenoxy) is 2. The maximum absolute atomic E-state index is 11.9. The monoisotopic (exact) mass is 299 g/mol. The molecule has 2 aromatic rings. The zero-order chi connectivity index (χ0) is 15.9. The highest BCUT2D eigenvalue weighted by Crippen LogP contribution is 2.17. The first-order valence-corrected chi connectivity index (χ1v) is 7.21. The summed E-state index contributed by atoms with van der Waals surface area (Å²) in [6.45, 7) is 3.98. The Bertz CT molecular complexity index is 605. The van der Waals surface area contributed by atoms with E-state index in [2.05, 4.69) is 5.32 Å². The van der Waals surface area contributed by atoms with Crippen LogP contribution in [-0.2, 0) is 4.79 Å². The SMILES string of the molecule is COc1ccc(OCC(=O)NC(C)c2ccc(C)cc2)cc1. The molecule has 1 N–H and O–H groups in total. The lowest BCUT2D eigenvalue weighted by Gasteiger charge is -2.15. The lowest BCUT2D eigenvalue weighted by Crippen LogP contribution is -2.31. The average Bonchev–Trinajstić information content (AvgIpc) is 2.54.